The summed E-state index contributed by atoms with van der Waals surface area (Å²) in [6.07, 6.45) is 1.97. The standard InChI is InChI=1S/C13H23N3O2/c1-9(2)6-16(8-13(17)18)11(4)12-7-15(5)14-10(12)3/h7,9,11H,6,8H2,1-5H3,(H,17,18). The van der Waals surface area contributed by atoms with Crippen LogP contribution in [0.3, 0.4) is 0 Å². The predicted octanol–water partition coefficient (Wildman–Crippen LogP) is 1.83. The number of rotatable bonds is 6. The molecule has 1 unspecified atom stereocenters. The number of aromatic nitrogens is 2. The van der Waals surface area contributed by atoms with Gasteiger partial charge in [0.1, 0.15) is 0 Å². The van der Waals surface area contributed by atoms with E-state index < -0.39 is 5.97 Å². The first-order valence-electron chi connectivity index (χ1n) is 6.27. The van der Waals surface area contributed by atoms with E-state index in [-0.39, 0.29) is 12.6 Å². The van der Waals surface area contributed by atoms with Crippen LogP contribution < -0.4 is 0 Å². The van der Waals surface area contributed by atoms with Gasteiger partial charge in [-0.15, -0.1) is 0 Å². The molecule has 0 aliphatic carbocycles. The quantitative estimate of drug-likeness (QED) is 0.840. The summed E-state index contributed by atoms with van der Waals surface area (Å²) in [6, 6.07) is 0.0669. The number of nitrogens with zero attached hydrogens (tertiary/aromatic N) is 3. The minimum atomic E-state index is -0.788. The molecule has 0 saturated heterocycles. The normalized spacial score (nSPS) is 13.3. The van der Waals surface area contributed by atoms with Gasteiger partial charge in [-0.2, -0.15) is 5.10 Å². The van der Waals surface area contributed by atoms with Crippen molar-refractivity contribution in [3.63, 3.8) is 0 Å². The molecule has 0 amide bonds. The molecule has 1 heterocycles. The number of hydrogen-bond donors (Lipinski definition) is 1. The maximum Gasteiger partial charge on any atom is 0.317 e. The van der Waals surface area contributed by atoms with Gasteiger partial charge in [-0.3, -0.25) is 14.4 Å². The third kappa shape index (κ3) is 3.84. The average Bonchev–Trinajstić information content (AvgIpc) is 2.54. The van der Waals surface area contributed by atoms with Gasteiger partial charge in [0.15, 0.2) is 0 Å². The Hall–Kier alpha value is -1.36. The molecule has 0 aliphatic rings. The molecule has 1 rings (SSSR count). The van der Waals surface area contributed by atoms with Crippen LogP contribution in [0.1, 0.15) is 38.1 Å². The van der Waals surface area contributed by atoms with Crippen LogP contribution >= 0.6 is 0 Å². The van der Waals surface area contributed by atoms with E-state index in [0.29, 0.717) is 5.92 Å². The summed E-state index contributed by atoms with van der Waals surface area (Å²) in [5.41, 5.74) is 2.06. The molecule has 5 heteroatoms. The van der Waals surface area contributed by atoms with E-state index in [9.17, 15) is 4.79 Å². The first-order valence-corrected chi connectivity index (χ1v) is 6.27. The fraction of sp³-hybridized carbons (Fsp3) is 0.692. The van der Waals surface area contributed by atoms with E-state index in [1.165, 1.54) is 0 Å². The maximum absolute atomic E-state index is 11.0. The lowest BCUT2D eigenvalue weighted by Gasteiger charge is -2.28. The minimum Gasteiger partial charge on any atom is -0.480 e. The molecule has 0 spiro atoms. The molecule has 0 aliphatic heterocycles. The highest BCUT2D eigenvalue weighted by Gasteiger charge is 2.22. The van der Waals surface area contributed by atoms with E-state index in [2.05, 4.69) is 18.9 Å². The summed E-state index contributed by atoms with van der Waals surface area (Å²) in [5.74, 6) is -0.354. The molecule has 0 bridgehead atoms. The highest BCUT2D eigenvalue weighted by atomic mass is 16.4. The van der Waals surface area contributed by atoms with Crippen molar-refractivity contribution in [1.82, 2.24) is 14.7 Å². The Morgan fingerprint density at radius 2 is 2.11 bits per heavy atom. The van der Waals surface area contributed by atoms with E-state index in [0.717, 1.165) is 17.8 Å². The second-order valence-corrected chi connectivity index (χ2v) is 5.24. The average molecular weight is 253 g/mol. The lowest BCUT2D eigenvalue weighted by Crippen LogP contribution is -2.35. The topological polar surface area (TPSA) is 58.4 Å². The van der Waals surface area contributed by atoms with E-state index in [1.54, 1.807) is 4.68 Å². The number of carboxylic acids is 1. The molecular formula is C13H23N3O2. The maximum atomic E-state index is 11.0. The number of carboxylic acid groups (broad SMARTS) is 1. The van der Waals surface area contributed by atoms with E-state index >= 15 is 0 Å². The Labute approximate surface area is 108 Å². The molecule has 1 atom stereocenters. The predicted molar refractivity (Wildman–Crippen MR) is 70.4 cm³/mol. The zero-order valence-corrected chi connectivity index (χ0v) is 11.8. The summed E-state index contributed by atoms with van der Waals surface area (Å²) in [5, 5.41) is 13.3. The number of aryl methyl sites for hydroxylation is 2. The molecule has 0 aromatic carbocycles. The van der Waals surface area contributed by atoms with Crippen LogP contribution in [0.4, 0.5) is 0 Å². The van der Waals surface area contributed by atoms with Crippen molar-refractivity contribution < 1.29 is 9.90 Å². The first-order chi connectivity index (χ1) is 8.31. The molecule has 102 valence electrons. The molecule has 1 aromatic rings. The third-order valence-corrected chi connectivity index (χ3v) is 2.99. The Morgan fingerprint density at radius 3 is 2.50 bits per heavy atom. The van der Waals surface area contributed by atoms with Crippen molar-refractivity contribution in [3.8, 4) is 0 Å². The Kier molecular flexibility index (Phi) is 4.90. The zero-order chi connectivity index (χ0) is 13.9. The summed E-state index contributed by atoms with van der Waals surface area (Å²) in [4.78, 5) is 12.9. The lowest BCUT2D eigenvalue weighted by atomic mass is 10.1. The molecule has 0 fully saturated rings. The monoisotopic (exact) mass is 253 g/mol. The summed E-state index contributed by atoms with van der Waals surface area (Å²) in [7, 11) is 1.88. The van der Waals surface area contributed by atoms with Crippen LogP contribution in [0.5, 0.6) is 0 Å². The molecular weight excluding hydrogens is 230 g/mol. The summed E-state index contributed by atoms with van der Waals surface area (Å²) < 4.78 is 1.77. The largest absolute Gasteiger partial charge is 0.480 e. The molecule has 18 heavy (non-hydrogen) atoms. The van der Waals surface area contributed by atoms with Gasteiger partial charge in [-0.05, 0) is 19.8 Å². The van der Waals surface area contributed by atoms with Crippen LogP contribution in [-0.2, 0) is 11.8 Å². The van der Waals surface area contributed by atoms with Gasteiger partial charge in [-0.1, -0.05) is 13.8 Å². The Morgan fingerprint density at radius 1 is 1.50 bits per heavy atom. The summed E-state index contributed by atoms with van der Waals surface area (Å²) >= 11 is 0. The van der Waals surface area contributed by atoms with Gasteiger partial charge in [0.05, 0.1) is 12.2 Å². The second kappa shape index (κ2) is 6.00. The fourth-order valence-corrected chi connectivity index (χ4v) is 2.23. The van der Waals surface area contributed by atoms with Gasteiger partial charge >= 0.3 is 5.97 Å². The van der Waals surface area contributed by atoms with Gasteiger partial charge in [0.25, 0.3) is 0 Å². The molecule has 1 aromatic heterocycles. The fourth-order valence-electron chi connectivity index (χ4n) is 2.23. The van der Waals surface area contributed by atoms with E-state index in [4.69, 9.17) is 5.11 Å². The van der Waals surface area contributed by atoms with Gasteiger partial charge in [0.2, 0.25) is 0 Å². The van der Waals surface area contributed by atoms with Crippen molar-refractivity contribution in [3.05, 3.63) is 17.5 Å². The van der Waals surface area contributed by atoms with Gasteiger partial charge < -0.3 is 5.11 Å². The molecule has 0 radical (unpaired) electrons. The van der Waals surface area contributed by atoms with Crippen LogP contribution in [0.25, 0.3) is 0 Å². The Bertz CT molecular complexity index is 412. The van der Waals surface area contributed by atoms with Crippen molar-refractivity contribution in [2.45, 2.75) is 33.7 Å². The second-order valence-electron chi connectivity index (χ2n) is 5.24. The third-order valence-electron chi connectivity index (χ3n) is 2.99. The van der Waals surface area contributed by atoms with Crippen molar-refractivity contribution in [1.29, 1.82) is 0 Å². The molecule has 0 saturated carbocycles. The van der Waals surface area contributed by atoms with Gasteiger partial charge in [-0.25, -0.2) is 0 Å². The number of hydrogen-bond acceptors (Lipinski definition) is 3. The van der Waals surface area contributed by atoms with Crippen molar-refractivity contribution >= 4 is 5.97 Å². The highest BCUT2D eigenvalue weighted by molar-refractivity contribution is 5.69. The van der Waals surface area contributed by atoms with Crippen molar-refractivity contribution in [2.75, 3.05) is 13.1 Å². The Balaban J connectivity index is 2.90. The highest BCUT2D eigenvalue weighted by Crippen LogP contribution is 2.23. The van der Waals surface area contributed by atoms with Crippen molar-refractivity contribution in [2.24, 2.45) is 13.0 Å². The van der Waals surface area contributed by atoms with Crippen LogP contribution in [0, 0.1) is 12.8 Å². The molecule has 1 N–H and O–H groups in total. The zero-order valence-electron chi connectivity index (χ0n) is 11.8. The number of carbonyl (C=O) groups is 1. The first kappa shape index (κ1) is 14.7. The lowest BCUT2D eigenvalue weighted by molar-refractivity contribution is -0.139. The smallest absolute Gasteiger partial charge is 0.317 e. The SMILES string of the molecule is Cc1nn(C)cc1C(C)N(CC(=O)O)CC(C)C. The van der Waals surface area contributed by atoms with Crippen LogP contribution in [0.15, 0.2) is 6.20 Å². The number of aliphatic carboxylic acids is 1. The van der Waals surface area contributed by atoms with Crippen LogP contribution in [-0.4, -0.2) is 38.8 Å². The summed E-state index contributed by atoms with van der Waals surface area (Å²) in [6.45, 7) is 9.01. The van der Waals surface area contributed by atoms with E-state index in [1.807, 2.05) is 32.0 Å². The molecule has 5 nitrogen and oxygen atoms in total. The minimum absolute atomic E-state index is 0.0632. The van der Waals surface area contributed by atoms with Gasteiger partial charge in [0, 0.05) is 31.4 Å². The van der Waals surface area contributed by atoms with Crippen LogP contribution in [0.2, 0.25) is 0 Å².